The number of carbonyl (C=O) groups excluding carboxylic acids is 2. The quantitative estimate of drug-likeness (QED) is 0.134. The van der Waals surface area contributed by atoms with Crippen molar-refractivity contribution in [3.63, 3.8) is 0 Å². The highest BCUT2D eigenvalue weighted by Gasteiger charge is 2.62. The molecule has 0 spiro atoms. The van der Waals surface area contributed by atoms with E-state index in [2.05, 4.69) is 32.4 Å². The molecule has 2 N–H and O–H groups in total. The van der Waals surface area contributed by atoms with Gasteiger partial charge in [-0.05, 0) is 69.0 Å². The number of hydrogen-bond acceptors (Lipinski definition) is 7. The molecule has 0 bridgehead atoms. The molecule has 4 aromatic rings. The Bertz CT molecular complexity index is 2030. The van der Waals surface area contributed by atoms with Gasteiger partial charge in [0, 0.05) is 66.6 Å². The molecule has 1 saturated carbocycles. The topological polar surface area (TPSA) is 110 Å². The number of nitrogens with zero attached hydrogens (tertiary/aromatic N) is 5. The smallest absolute Gasteiger partial charge is 0.410 e. The highest BCUT2D eigenvalue weighted by Crippen LogP contribution is 2.53. The van der Waals surface area contributed by atoms with Crippen molar-refractivity contribution in [2.45, 2.75) is 46.3 Å². The number of halogens is 4. The SMILES string of the molecule is CCc1cc(Nc2nccn3c(-c4ccc(OC(F)F)c(F)c4F)cnc23)ccc1C(=O)NCC1C2C[N+](C)(CC3CN(C(=O)OC(C)(C)C)C3)CC12. The molecule has 2 aromatic heterocycles. The van der Waals surface area contributed by atoms with Gasteiger partial charge in [0.2, 0.25) is 5.82 Å². The van der Waals surface area contributed by atoms with Gasteiger partial charge in [-0.15, -0.1) is 0 Å². The third-order valence-electron chi connectivity index (χ3n) is 10.6. The molecule has 2 unspecified atom stereocenters. The van der Waals surface area contributed by atoms with E-state index in [0.29, 0.717) is 59.4 Å². The summed E-state index contributed by atoms with van der Waals surface area (Å²) in [5.74, 6) is -1.43. The summed E-state index contributed by atoms with van der Waals surface area (Å²) in [6.07, 6.45) is 4.70. The van der Waals surface area contributed by atoms with Crippen LogP contribution in [0.5, 0.6) is 5.75 Å². The van der Waals surface area contributed by atoms with E-state index in [1.807, 2.05) is 33.8 Å². The van der Waals surface area contributed by atoms with Crippen LogP contribution in [0.25, 0.3) is 16.9 Å². The summed E-state index contributed by atoms with van der Waals surface area (Å²) in [7, 11) is 2.30. The Labute approximate surface area is 304 Å². The van der Waals surface area contributed by atoms with Crippen molar-refractivity contribution in [1.29, 1.82) is 0 Å². The lowest BCUT2D eigenvalue weighted by Gasteiger charge is -2.44. The molecule has 2 amide bonds. The number of hydrogen-bond donors (Lipinski definition) is 2. The number of piperidine rings is 1. The van der Waals surface area contributed by atoms with Gasteiger partial charge < -0.3 is 29.5 Å². The number of imidazole rings is 1. The fourth-order valence-electron chi connectivity index (χ4n) is 8.15. The van der Waals surface area contributed by atoms with Crippen LogP contribution >= 0.6 is 0 Å². The van der Waals surface area contributed by atoms with Gasteiger partial charge in [-0.1, -0.05) is 6.92 Å². The third-order valence-corrected chi connectivity index (χ3v) is 10.6. The van der Waals surface area contributed by atoms with Crippen LogP contribution in [0.15, 0.2) is 48.9 Å². The first-order chi connectivity index (χ1) is 25.1. The van der Waals surface area contributed by atoms with Gasteiger partial charge in [-0.25, -0.2) is 19.2 Å². The number of ether oxygens (including phenoxy) is 2. The lowest BCUT2D eigenvalue weighted by Crippen LogP contribution is -2.58. The second-order valence-electron chi connectivity index (χ2n) is 15.7. The maximum absolute atomic E-state index is 14.9. The van der Waals surface area contributed by atoms with Gasteiger partial charge >= 0.3 is 12.7 Å². The standard InChI is InChI=1S/C38H43F4N7O4/c1-6-22-13-23(46-33-34-44-15-29(48(34)12-11-43-33)25-9-10-30(52-36(41)42)32(40)31(25)39)7-8-24(22)35(50)45-14-26-27-19-49(5,20-28(26)27)18-21-16-47(17-21)37(51)53-38(2,3)4/h7-13,15,21,26-28,36H,6,14,16-20H2,1-5H3,(H-,43,45,46,50)/p+1. The molecule has 0 radical (unpaired) electrons. The van der Waals surface area contributed by atoms with Crippen LogP contribution in [-0.2, 0) is 11.2 Å². The van der Waals surface area contributed by atoms with Gasteiger partial charge in [0.05, 0.1) is 38.6 Å². The van der Waals surface area contributed by atoms with Crippen molar-refractivity contribution >= 4 is 29.2 Å². The van der Waals surface area contributed by atoms with Crippen LogP contribution in [0.1, 0.15) is 43.6 Å². The lowest BCUT2D eigenvalue weighted by molar-refractivity contribution is -0.907. The number of carbonyl (C=O) groups is 2. The number of benzene rings is 2. The summed E-state index contributed by atoms with van der Waals surface area (Å²) in [4.78, 5) is 36.2. The number of rotatable bonds is 11. The van der Waals surface area contributed by atoms with E-state index < -0.39 is 29.6 Å². The molecule has 15 heteroatoms. The fraction of sp³-hybridized carbons (Fsp3) is 0.474. The Morgan fingerprint density at radius 2 is 1.79 bits per heavy atom. The minimum absolute atomic E-state index is 0.121. The number of aromatic nitrogens is 3. The zero-order valence-corrected chi connectivity index (χ0v) is 30.3. The normalized spacial score (nSPS) is 22.5. The van der Waals surface area contributed by atoms with Crippen molar-refractivity contribution < 1.29 is 41.1 Å². The first kappa shape index (κ1) is 36.4. The molecule has 2 saturated heterocycles. The van der Waals surface area contributed by atoms with E-state index >= 15 is 0 Å². The molecular weight excluding hydrogens is 694 g/mol. The maximum Gasteiger partial charge on any atom is 0.410 e. The molecule has 2 atom stereocenters. The van der Waals surface area contributed by atoms with Crippen LogP contribution in [0.3, 0.4) is 0 Å². The average Bonchev–Trinajstić information content (AvgIpc) is 3.35. The molecule has 3 aliphatic rings. The van der Waals surface area contributed by atoms with Crippen LogP contribution < -0.4 is 15.4 Å². The number of nitrogens with one attached hydrogen (secondary N) is 2. The van der Waals surface area contributed by atoms with Crippen molar-refractivity contribution in [2.75, 3.05) is 51.6 Å². The highest BCUT2D eigenvalue weighted by atomic mass is 19.3. The van der Waals surface area contributed by atoms with Crippen molar-refractivity contribution in [1.82, 2.24) is 24.6 Å². The van der Waals surface area contributed by atoms with Gasteiger partial charge in [0.15, 0.2) is 23.0 Å². The molecular formula is C38H44F4N7O4+. The zero-order chi connectivity index (χ0) is 37.8. The third kappa shape index (κ3) is 7.48. The van der Waals surface area contributed by atoms with Crippen molar-refractivity contribution in [3.8, 4) is 17.0 Å². The Morgan fingerprint density at radius 3 is 2.47 bits per heavy atom. The number of aryl methyl sites for hydroxylation is 1. The van der Waals surface area contributed by atoms with Crippen LogP contribution in [0.4, 0.5) is 33.9 Å². The summed E-state index contributed by atoms with van der Waals surface area (Å²) in [5, 5.41) is 6.39. The summed E-state index contributed by atoms with van der Waals surface area (Å²) in [6.45, 7) is 9.65. The number of likely N-dealkylation sites (tertiary alicyclic amines) is 2. The highest BCUT2D eigenvalue weighted by molar-refractivity contribution is 5.96. The van der Waals surface area contributed by atoms with E-state index in [9.17, 15) is 27.2 Å². The van der Waals surface area contributed by atoms with Crippen LogP contribution in [-0.4, -0.2) is 94.3 Å². The van der Waals surface area contributed by atoms with E-state index in [0.717, 1.165) is 54.9 Å². The maximum atomic E-state index is 14.9. The Kier molecular flexibility index (Phi) is 9.49. The van der Waals surface area contributed by atoms with E-state index in [4.69, 9.17) is 4.74 Å². The molecule has 2 aliphatic heterocycles. The molecule has 11 nitrogen and oxygen atoms in total. The summed E-state index contributed by atoms with van der Waals surface area (Å²) in [6, 6.07) is 7.51. The van der Waals surface area contributed by atoms with Crippen LogP contribution in [0.2, 0.25) is 0 Å². The largest absolute Gasteiger partial charge is 0.444 e. The van der Waals surface area contributed by atoms with Crippen molar-refractivity contribution in [2.24, 2.45) is 23.7 Å². The number of fused-ring (bicyclic) bond motifs is 2. The van der Waals surface area contributed by atoms with Gasteiger partial charge in [-0.3, -0.25) is 9.20 Å². The van der Waals surface area contributed by atoms with Gasteiger partial charge in [0.25, 0.3) is 5.91 Å². The predicted octanol–water partition coefficient (Wildman–Crippen LogP) is 6.50. The second-order valence-corrected chi connectivity index (χ2v) is 15.7. The number of alkyl halides is 2. The minimum Gasteiger partial charge on any atom is -0.444 e. The summed E-state index contributed by atoms with van der Waals surface area (Å²) < 4.78 is 66.7. The molecule has 4 heterocycles. The van der Waals surface area contributed by atoms with Gasteiger partial charge in [0.1, 0.15) is 5.60 Å². The molecule has 53 heavy (non-hydrogen) atoms. The molecule has 3 fully saturated rings. The number of anilines is 2. The monoisotopic (exact) mass is 738 g/mol. The first-order valence-electron chi connectivity index (χ1n) is 17.9. The molecule has 1 aliphatic carbocycles. The lowest BCUT2D eigenvalue weighted by atomic mass is 9.99. The first-order valence-corrected chi connectivity index (χ1v) is 17.9. The zero-order valence-electron chi connectivity index (χ0n) is 30.3. The second kappa shape index (κ2) is 13.8. The summed E-state index contributed by atoms with van der Waals surface area (Å²) in [5.41, 5.74) is 1.90. The molecule has 282 valence electrons. The minimum atomic E-state index is -3.30. The van der Waals surface area contributed by atoms with Gasteiger partial charge in [-0.2, -0.15) is 13.2 Å². The predicted molar refractivity (Wildman–Crippen MR) is 189 cm³/mol. The Morgan fingerprint density at radius 1 is 1.06 bits per heavy atom. The summed E-state index contributed by atoms with van der Waals surface area (Å²) >= 11 is 0. The molecule has 2 aromatic carbocycles. The fourth-order valence-corrected chi connectivity index (χ4v) is 8.15. The molecule has 7 rings (SSSR count). The van der Waals surface area contributed by atoms with Crippen molar-refractivity contribution in [3.05, 3.63) is 71.7 Å². The van der Waals surface area contributed by atoms with E-state index in [1.165, 1.54) is 23.0 Å². The average molecular weight is 739 g/mol. The van der Waals surface area contributed by atoms with E-state index in [-0.39, 0.29) is 23.3 Å². The van der Waals surface area contributed by atoms with Crippen LogP contribution in [0, 0.1) is 35.3 Å². The van der Waals surface area contributed by atoms with E-state index in [1.54, 1.807) is 17.0 Å². The number of quaternary nitrogens is 1. The number of amides is 2. The Balaban J connectivity index is 0.939. The Hall–Kier alpha value is -4.92.